The van der Waals surface area contributed by atoms with E-state index in [1.54, 1.807) is 24.3 Å². The SMILES string of the molecule is COc1cc(NS(=O)(=O)c2ccc(NC(=S)Nc3cc(Cl)ccc3C)cc2)ncn1. The predicted octanol–water partition coefficient (Wildman–Crippen LogP) is 4.06. The van der Waals surface area contributed by atoms with Gasteiger partial charge in [0.1, 0.15) is 12.1 Å². The number of sulfonamides is 1. The lowest BCUT2D eigenvalue weighted by atomic mass is 10.2. The number of thiocarbonyl (C=S) groups is 1. The summed E-state index contributed by atoms with van der Waals surface area (Å²) < 4.78 is 32.5. The van der Waals surface area contributed by atoms with E-state index in [1.807, 2.05) is 13.0 Å². The summed E-state index contributed by atoms with van der Waals surface area (Å²) in [7, 11) is -2.40. The van der Waals surface area contributed by atoms with Crippen molar-refractivity contribution in [3.63, 3.8) is 0 Å². The standard InChI is InChI=1S/C19H18ClN5O3S2/c1-12-3-4-13(20)9-16(12)24-19(29)23-14-5-7-15(8-6-14)30(26,27)25-17-10-18(28-2)22-11-21-17/h3-11H,1-2H3,(H,21,22,25)(H2,23,24,29). The van der Waals surface area contributed by atoms with Crippen LogP contribution in [0.3, 0.4) is 0 Å². The van der Waals surface area contributed by atoms with E-state index in [1.165, 1.54) is 31.6 Å². The van der Waals surface area contributed by atoms with Crippen molar-refractivity contribution >= 4 is 56.1 Å². The zero-order valence-electron chi connectivity index (χ0n) is 16.0. The minimum atomic E-state index is -3.83. The van der Waals surface area contributed by atoms with Crippen molar-refractivity contribution in [1.29, 1.82) is 0 Å². The first kappa shape index (κ1) is 21.8. The Balaban J connectivity index is 1.67. The molecule has 11 heteroatoms. The van der Waals surface area contributed by atoms with E-state index < -0.39 is 10.0 Å². The van der Waals surface area contributed by atoms with Crippen molar-refractivity contribution in [3.8, 4) is 5.88 Å². The average molecular weight is 464 g/mol. The number of nitrogens with zero attached hydrogens (tertiary/aromatic N) is 2. The Kier molecular flexibility index (Phi) is 6.70. The first-order valence-corrected chi connectivity index (χ1v) is 10.9. The number of hydrogen-bond acceptors (Lipinski definition) is 6. The molecule has 0 fully saturated rings. The van der Waals surface area contributed by atoms with E-state index in [2.05, 4.69) is 25.3 Å². The third kappa shape index (κ3) is 5.56. The molecule has 0 unspecified atom stereocenters. The van der Waals surface area contributed by atoms with Crippen LogP contribution in [0.1, 0.15) is 5.56 Å². The molecule has 8 nitrogen and oxygen atoms in total. The fourth-order valence-electron chi connectivity index (χ4n) is 2.43. The van der Waals surface area contributed by atoms with Crippen LogP contribution in [-0.4, -0.2) is 30.6 Å². The molecule has 0 saturated carbocycles. The number of aromatic nitrogens is 2. The minimum Gasteiger partial charge on any atom is -0.481 e. The topological polar surface area (TPSA) is 105 Å². The molecule has 3 rings (SSSR count). The van der Waals surface area contributed by atoms with E-state index >= 15 is 0 Å². The maximum absolute atomic E-state index is 12.6. The van der Waals surface area contributed by atoms with E-state index in [0.29, 0.717) is 15.8 Å². The molecule has 156 valence electrons. The lowest BCUT2D eigenvalue weighted by Gasteiger charge is -2.13. The van der Waals surface area contributed by atoms with Gasteiger partial charge in [0.05, 0.1) is 12.0 Å². The number of halogens is 1. The van der Waals surface area contributed by atoms with Gasteiger partial charge in [0.25, 0.3) is 10.0 Å². The van der Waals surface area contributed by atoms with Crippen molar-refractivity contribution in [2.75, 3.05) is 22.5 Å². The third-order valence-electron chi connectivity index (χ3n) is 3.96. The molecular formula is C19H18ClN5O3S2. The van der Waals surface area contributed by atoms with Gasteiger partial charge in [0.15, 0.2) is 5.11 Å². The molecule has 0 amide bonds. The van der Waals surface area contributed by atoms with E-state index in [-0.39, 0.29) is 16.6 Å². The minimum absolute atomic E-state index is 0.0650. The van der Waals surface area contributed by atoms with Crippen molar-refractivity contribution < 1.29 is 13.2 Å². The summed E-state index contributed by atoms with van der Waals surface area (Å²) in [6, 6.07) is 13.0. The highest BCUT2D eigenvalue weighted by atomic mass is 35.5. The maximum Gasteiger partial charge on any atom is 0.263 e. The molecule has 30 heavy (non-hydrogen) atoms. The van der Waals surface area contributed by atoms with Gasteiger partial charge >= 0.3 is 0 Å². The van der Waals surface area contributed by atoms with Gasteiger partial charge in [-0.05, 0) is 61.1 Å². The van der Waals surface area contributed by atoms with E-state index in [4.69, 9.17) is 28.6 Å². The fraction of sp³-hybridized carbons (Fsp3) is 0.105. The van der Waals surface area contributed by atoms with Crippen LogP contribution in [0.4, 0.5) is 17.2 Å². The highest BCUT2D eigenvalue weighted by Crippen LogP contribution is 2.21. The van der Waals surface area contributed by atoms with Gasteiger partial charge in [0, 0.05) is 22.5 Å². The highest BCUT2D eigenvalue weighted by molar-refractivity contribution is 7.92. The molecule has 2 aromatic carbocycles. The Labute approximate surface area is 184 Å². The lowest BCUT2D eigenvalue weighted by molar-refractivity contribution is 0.397. The number of hydrogen-bond donors (Lipinski definition) is 3. The maximum atomic E-state index is 12.6. The Morgan fingerprint density at radius 1 is 1.07 bits per heavy atom. The molecule has 0 aliphatic heterocycles. The Hall–Kier alpha value is -2.95. The largest absolute Gasteiger partial charge is 0.481 e. The number of methoxy groups -OCH3 is 1. The molecule has 1 heterocycles. The van der Waals surface area contributed by atoms with Gasteiger partial charge in [0.2, 0.25) is 5.88 Å². The molecule has 3 aromatic rings. The Morgan fingerprint density at radius 2 is 1.80 bits per heavy atom. The summed E-state index contributed by atoms with van der Waals surface area (Å²) >= 11 is 11.3. The zero-order valence-corrected chi connectivity index (χ0v) is 18.4. The summed E-state index contributed by atoms with van der Waals surface area (Å²) in [5.41, 5.74) is 2.39. The van der Waals surface area contributed by atoms with Crippen LogP contribution in [0, 0.1) is 6.92 Å². The predicted molar refractivity (Wildman–Crippen MR) is 122 cm³/mol. The van der Waals surface area contributed by atoms with Gasteiger partial charge in [-0.2, -0.15) is 0 Å². The van der Waals surface area contributed by atoms with E-state index in [9.17, 15) is 8.42 Å². The normalized spacial score (nSPS) is 10.9. The molecule has 0 bridgehead atoms. The van der Waals surface area contributed by atoms with Gasteiger partial charge < -0.3 is 15.4 Å². The monoisotopic (exact) mass is 463 g/mol. The summed E-state index contributed by atoms with van der Waals surface area (Å²) in [6.07, 6.45) is 1.21. The first-order valence-electron chi connectivity index (χ1n) is 8.60. The van der Waals surface area contributed by atoms with Crippen LogP contribution in [0.2, 0.25) is 5.02 Å². The first-order chi connectivity index (χ1) is 14.3. The van der Waals surface area contributed by atoms with Crippen LogP contribution in [0.5, 0.6) is 5.88 Å². The molecule has 0 aliphatic rings. The van der Waals surface area contributed by atoms with Gasteiger partial charge in [-0.15, -0.1) is 0 Å². The van der Waals surface area contributed by atoms with E-state index in [0.717, 1.165) is 11.3 Å². The summed E-state index contributed by atoms with van der Waals surface area (Å²) in [5.74, 6) is 0.351. The molecule has 0 radical (unpaired) electrons. The van der Waals surface area contributed by atoms with Crippen LogP contribution in [0.25, 0.3) is 0 Å². The molecule has 0 atom stereocenters. The second kappa shape index (κ2) is 9.24. The molecule has 0 spiro atoms. The van der Waals surface area contributed by atoms with Gasteiger partial charge in [-0.25, -0.2) is 18.4 Å². The third-order valence-corrected chi connectivity index (χ3v) is 5.77. The molecular weight excluding hydrogens is 446 g/mol. The molecule has 0 saturated heterocycles. The lowest BCUT2D eigenvalue weighted by Crippen LogP contribution is -2.20. The Morgan fingerprint density at radius 3 is 2.50 bits per heavy atom. The van der Waals surface area contributed by atoms with Gasteiger partial charge in [-0.3, -0.25) is 4.72 Å². The number of anilines is 3. The van der Waals surface area contributed by atoms with Gasteiger partial charge in [-0.1, -0.05) is 17.7 Å². The van der Waals surface area contributed by atoms with Crippen LogP contribution < -0.4 is 20.1 Å². The smallest absolute Gasteiger partial charge is 0.263 e. The number of nitrogens with one attached hydrogen (secondary N) is 3. The van der Waals surface area contributed by atoms with Crippen LogP contribution in [-0.2, 0) is 10.0 Å². The number of aryl methyl sites for hydroxylation is 1. The number of rotatable bonds is 6. The zero-order chi connectivity index (χ0) is 21.7. The fourth-order valence-corrected chi connectivity index (χ4v) is 3.83. The highest BCUT2D eigenvalue weighted by Gasteiger charge is 2.15. The molecule has 1 aromatic heterocycles. The Bertz CT molecular complexity index is 1170. The molecule has 0 aliphatic carbocycles. The van der Waals surface area contributed by atoms with Crippen molar-refractivity contribution in [2.45, 2.75) is 11.8 Å². The van der Waals surface area contributed by atoms with Crippen LogP contribution >= 0.6 is 23.8 Å². The van der Waals surface area contributed by atoms with Crippen molar-refractivity contribution in [1.82, 2.24) is 9.97 Å². The second-order valence-corrected chi connectivity index (χ2v) is 8.64. The van der Waals surface area contributed by atoms with Crippen molar-refractivity contribution in [3.05, 3.63) is 65.4 Å². The second-order valence-electron chi connectivity index (χ2n) is 6.11. The summed E-state index contributed by atoms with van der Waals surface area (Å²) in [4.78, 5) is 7.78. The quantitative estimate of drug-likeness (QED) is 0.470. The van der Waals surface area contributed by atoms with Crippen molar-refractivity contribution in [2.24, 2.45) is 0 Å². The summed E-state index contributed by atoms with van der Waals surface area (Å²) in [5, 5.41) is 7.01. The molecule has 3 N–H and O–H groups in total. The summed E-state index contributed by atoms with van der Waals surface area (Å²) in [6.45, 7) is 1.93. The van der Waals surface area contributed by atoms with Crippen LogP contribution in [0.15, 0.2) is 59.8 Å². The number of ether oxygens (including phenoxy) is 1. The average Bonchev–Trinajstić information content (AvgIpc) is 2.71. The number of benzene rings is 2.